The predicted molar refractivity (Wildman–Crippen MR) is 128 cm³/mol. The summed E-state index contributed by atoms with van der Waals surface area (Å²) in [5.74, 6) is -0.475. The number of benzene rings is 2. The number of amides is 2. The predicted octanol–water partition coefficient (Wildman–Crippen LogP) is 3.31. The molecule has 0 radical (unpaired) electrons. The normalized spacial score (nSPS) is 17.7. The molecule has 1 N–H and O–H groups in total. The van der Waals surface area contributed by atoms with E-state index in [-0.39, 0.29) is 12.5 Å². The minimum atomic E-state index is -0.487. The van der Waals surface area contributed by atoms with E-state index in [0.717, 1.165) is 31.4 Å². The van der Waals surface area contributed by atoms with E-state index in [0.29, 0.717) is 53.9 Å². The molecule has 0 aliphatic carbocycles. The highest BCUT2D eigenvalue weighted by Gasteiger charge is 2.31. The van der Waals surface area contributed by atoms with Gasteiger partial charge in [-0.3, -0.25) is 9.69 Å². The van der Waals surface area contributed by atoms with Crippen molar-refractivity contribution in [3.05, 3.63) is 58.4 Å². The van der Waals surface area contributed by atoms with Crippen LogP contribution in [-0.2, 0) is 11.3 Å². The molecule has 5 rings (SSSR count). The van der Waals surface area contributed by atoms with Crippen molar-refractivity contribution in [1.82, 2.24) is 30.1 Å². The van der Waals surface area contributed by atoms with Crippen molar-refractivity contribution in [3.8, 4) is 0 Å². The Bertz CT molecular complexity index is 1220. The molecule has 2 saturated heterocycles. The van der Waals surface area contributed by atoms with Gasteiger partial charge in [0.15, 0.2) is 0 Å². The summed E-state index contributed by atoms with van der Waals surface area (Å²) >= 11 is 5.76. The Balaban J connectivity index is 1.07. The van der Waals surface area contributed by atoms with Crippen LogP contribution >= 0.6 is 11.6 Å². The second kappa shape index (κ2) is 10.2. The standard InChI is InChI=1S/C24H26ClFN6O3/c25-18-3-1-17(20(26)14-18)15-35-24(34)32-11-9-30(10-12-32)19-5-7-31(8-6-19)23(33)16-2-4-21-22(13-16)28-29-27-21/h1-4,13-14,19H,5-12,15H2,(H,27,28,29). The summed E-state index contributed by atoms with van der Waals surface area (Å²) in [6, 6.07) is 10.0. The maximum atomic E-state index is 13.9. The molecule has 2 aliphatic heterocycles. The van der Waals surface area contributed by atoms with Gasteiger partial charge >= 0.3 is 6.09 Å². The van der Waals surface area contributed by atoms with Gasteiger partial charge < -0.3 is 14.5 Å². The largest absolute Gasteiger partial charge is 0.444 e. The van der Waals surface area contributed by atoms with E-state index >= 15 is 0 Å². The number of fused-ring (bicyclic) bond motifs is 1. The van der Waals surface area contributed by atoms with Gasteiger partial charge in [0.25, 0.3) is 5.91 Å². The van der Waals surface area contributed by atoms with E-state index < -0.39 is 11.9 Å². The Kier molecular flexibility index (Phi) is 6.83. The van der Waals surface area contributed by atoms with Gasteiger partial charge in [0.2, 0.25) is 0 Å². The number of likely N-dealkylation sites (tertiary alicyclic amines) is 1. The van der Waals surface area contributed by atoms with Crippen molar-refractivity contribution in [2.45, 2.75) is 25.5 Å². The molecule has 35 heavy (non-hydrogen) atoms. The fourth-order valence-corrected chi connectivity index (χ4v) is 4.89. The van der Waals surface area contributed by atoms with Gasteiger partial charge in [-0.15, -0.1) is 0 Å². The van der Waals surface area contributed by atoms with Crippen LogP contribution in [0.3, 0.4) is 0 Å². The van der Waals surface area contributed by atoms with E-state index in [1.165, 1.54) is 12.1 Å². The Hall–Kier alpha value is -3.24. The molecule has 1 aromatic heterocycles. The highest BCUT2D eigenvalue weighted by molar-refractivity contribution is 6.30. The van der Waals surface area contributed by atoms with Crippen LogP contribution in [0.1, 0.15) is 28.8 Å². The number of nitrogens with one attached hydrogen (secondary N) is 1. The zero-order valence-corrected chi connectivity index (χ0v) is 19.9. The third-order valence-electron chi connectivity index (χ3n) is 6.77. The number of ether oxygens (including phenoxy) is 1. The molecule has 2 fully saturated rings. The van der Waals surface area contributed by atoms with Crippen molar-refractivity contribution < 1.29 is 18.7 Å². The highest BCUT2D eigenvalue weighted by Crippen LogP contribution is 2.22. The lowest BCUT2D eigenvalue weighted by atomic mass is 10.0. The lowest BCUT2D eigenvalue weighted by Crippen LogP contribution is -2.54. The number of H-pyrrole nitrogens is 1. The number of hydrogen-bond acceptors (Lipinski definition) is 6. The number of nitrogens with zero attached hydrogens (tertiary/aromatic N) is 5. The highest BCUT2D eigenvalue weighted by atomic mass is 35.5. The zero-order valence-electron chi connectivity index (χ0n) is 19.1. The Labute approximate surface area is 206 Å². The second-order valence-electron chi connectivity index (χ2n) is 8.86. The maximum Gasteiger partial charge on any atom is 0.410 e. The number of piperazine rings is 1. The van der Waals surface area contributed by atoms with Gasteiger partial charge in [0.05, 0.1) is 0 Å². The number of rotatable bonds is 4. The van der Waals surface area contributed by atoms with Crippen molar-refractivity contribution in [2.24, 2.45) is 0 Å². The van der Waals surface area contributed by atoms with Crippen LogP contribution in [0.5, 0.6) is 0 Å². The van der Waals surface area contributed by atoms with E-state index in [1.54, 1.807) is 29.2 Å². The summed E-state index contributed by atoms with van der Waals surface area (Å²) in [6.07, 6.45) is 1.33. The Morgan fingerprint density at radius 2 is 1.71 bits per heavy atom. The van der Waals surface area contributed by atoms with E-state index in [2.05, 4.69) is 20.3 Å². The summed E-state index contributed by atoms with van der Waals surface area (Å²) in [5.41, 5.74) is 2.33. The van der Waals surface area contributed by atoms with Gasteiger partial charge in [0, 0.05) is 61.5 Å². The SMILES string of the molecule is O=C(OCc1ccc(Cl)cc1F)N1CCN(C2CCN(C(=O)c3ccc4n[nH]nc4c3)CC2)CC1. The van der Waals surface area contributed by atoms with Crippen LogP contribution in [0, 0.1) is 5.82 Å². The molecule has 0 bridgehead atoms. The molecule has 9 nitrogen and oxygen atoms in total. The van der Waals surface area contributed by atoms with Crippen LogP contribution < -0.4 is 0 Å². The molecule has 0 spiro atoms. The second-order valence-corrected chi connectivity index (χ2v) is 9.30. The van der Waals surface area contributed by atoms with E-state index in [9.17, 15) is 14.0 Å². The number of aromatic amines is 1. The number of hydrogen-bond donors (Lipinski definition) is 1. The zero-order chi connectivity index (χ0) is 24.4. The number of carbonyl (C=O) groups excluding carboxylic acids is 2. The molecule has 3 heterocycles. The van der Waals surface area contributed by atoms with Gasteiger partial charge in [-0.05, 0) is 43.2 Å². The summed E-state index contributed by atoms with van der Waals surface area (Å²) in [4.78, 5) is 31.3. The van der Waals surface area contributed by atoms with Crippen LogP contribution in [-0.4, -0.2) is 87.4 Å². The van der Waals surface area contributed by atoms with E-state index in [4.69, 9.17) is 16.3 Å². The molecule has 0 unspecified atom stereocenters. The molecular weight excluding hydrogens is 475 g/mol. The van der Waals surface area contributed by atoms with Crippen molar-refractivity contribution in [1.29, 1.82) is 0 Å². The number of halogens is 2. The quantitative estimate of drug-likeness (QED) is 0.590. The van der Waals surface area contributed by atoms with Gasteiger partial charge in [-0.1, -0.05) is 17.7 Å². The number of aromatic nitrogens is 3. The topological polar surface area (TPSA) is 94.7 Å². The minimum absolute atomic E-state index is 0.0121. The van der Waals surface area contributed by atoms with Crippen molar-refractivity contribution >= 4 is 34.6 Å². The summed E-state index contributed by atoms with van der Waals surface area (Å²) in [6.45, 7) is 3.85. The maximum absolute atomic E-state index is 13.9. The first-order chi connectivity index (χ1) is 17.0. The summed E-state index contributed by atoms with van der Waals surface area (Å²) < 4.78 is 19.2. The minimum Gasteiger partial charge on any atom is -0.444 e. The smallest absolute Gasteiger partial charge is 0.410 e. The monoisotopic (exact) mass is 500 g/mol. The molecule has 3 aromatic rings. The molecule has 184 valence electrons. The molecular formula is C24H26ClFN6O3. The van der Waals surface area contributed by atoms with Crippen LogP contribution in [0.15, 0.2) is 36.4 Å². The molecule has 2 aromatic carbocycles. The third kappa shape index (κ3) is 5.23. The first kappa shape index (κ1) is 23.5. The molecule has 2 aliphatic rings. The molecule has 0 saturated carbocycles. The first-order valence-corrected chi connectivity index (χ1v) is 12.1. The fraction of sp³-hybridized carbons (Fsp3) is 0.417. The number of carbonyl (C=O) groups is 2. The van der Waals surface area contributed by atoms with Gasteiger partial charge in [-0.25, -0.2) is 9.18 Å². The fourth-order valence-electron chi connectivity index (χ4n) is 4.73. The Morgan fingerprint density at radius 3 is 2.46 bits per heavy atom. The molecule has 11 heteroatoms. The van der Waals surface area contributed by atoms with Crippen molar-refractivity contribution in [3.63, 3.8) is 0 Å². The lowest BCUT2D eigenvalue weighted by Gasteiger charge is -2.42. The average molecular weight is 501 g/mol. The molecule has 0 atom stereocenters. The molecule has 2 amide bonds. The van der Waals surface area contributed by atoms with Crippen LogP contribution in [0.4, 0.5) is 9.18 Å². The first-order valence-electron chi connectivity index (χ1n) is 11.7. The average Bonchev–Trinajstić information content (AvgIpc) is 3.36. The lowest BCUT2D eigenvalue weighted by molar-refractivity contribution is 0.0392. The Morgan fingerprint density at radius 1 is 0.971 bits per heavy atom. The van der Waals surface area contributed by atoms with Crippen LogP contribution in [0.2, 0.25) is 5.02 Å². The summed E-state index contributed by atoms with van der Waals surface area (Å²) in [5, 5.41) is 11.0. The van der Waals surface area contributed by atoms with E-state index in [1.807, 2.05) is 4.90 Å². The van der Waals surface area contributed by atoms with Gasteiger partial charge in [0.1, 0.15) is 23.5 Å². The summed E-state index contributed by atoms with van der Waals surface area (Å²) in [7, 11) is 0. The number of piperidine rings is 1. The van der Waals surface area contributed by atoms with Gasteiger partial charge in [-0.2, -0.15) is 15.4 Å². The third-order valence-corrected chi connectivity index (χ3v) is 7.01. The van der Waals surface area contributed by atoms with Crippen LogP contribution in [0.25, 0.3) is 11.0 Å². The van der Waals surface area contributed by atoms with Crippen molar-refractivity contribution in [2.75, 3.05) is 39.3 Å².